The summed E-state index contributed by atoms with van der Waals surface area (Å²) in [5, 5.41) is 3.76. The Morgan fingerprint density at radius 2 is 2.11 bits per heavy atom. The lowest BCUT2D eigenvalue weighted by molar-refractivity contribution is 0.598. The van der Waals surface area contributed by atoms with E-state index < -0.39 is 0 Å². The van der Waals surface area contributed by atoms with Crippen molar-refractivity contribution in [3.05, 3.63) is 46.6 Å². The van der Waals surface area contributed by atoms with Gasteiger partial charge in [-0.05, 0) is 30.4 Å². The van der Waals surface area contributed by atoms with Crippen LogP contribution in [0.1, 0.15) is 30.0 Å². The number of benzene rings is 1. The molecule has 1 aromatic heterocycles. The molecule has 0 saturated carbocycles. The zero-order valence-corrected chi connectivity index (χ0v) is 11.2. The zero-order chi connectivity index (χ0) is 13.2. The van der Waals surface area contributed by atoms with E-state index >= 15 is 0 Å². The van der Waals surface area contributed by atoms with Crippen molar-refractivity contribution in [3.63, 3.8) is 0 Å². The highest BCUT2D eigenvalue weighted by Gasteiger charge is 2.20. The molecule has 2 aromatic rings. The molecule has 0 aliphatic heterocycles. The predicted molar refractivity (Wildman–Crippen MR) is 77.2 cm³/mol. The molecule has 0 fully saturated rings. The van der Waals surface area contributed by atoms with Gasteiger partial charge in [0.2, 0.25) is 5.95 Å². The van der Waals surface area contributed by atoms with Crippen LogP contribution in [-0.4, -0.2) is 9.97 Å². The molecule has 0 saturated heterocycles. The molecule has 0 spiro atoms. The molecular weight excluding hydrogens is 260 g/mol. The van der Waals surface area contributed by atoms with Crippen LogP contribution >= 0.6 is 11.6 Å². The van der Waals surface area contributed by atoms with Crippen LogP contribution < -0.4 is 11.1 Å². The molecule has 1 aliphatic carbocycles. The second-order valence-electron chi connectivity index (χ2n) is 4.72. The Labute approximate surface area is 117 Å². The lowest BCUT2D eigenvalue weighted by atomic mass is 9.88. The van der Waals surface area contributed by atoms with E-state index in [1.54, 1.807) is 6.07 Å². The van der Waals surface area contributed by atoms with Gasteiger partial charge in [-0.15, -0.1) is 0 Å². The number of fused-ring (bicyclic) bond motifs is 1. The largest absolute Gasteiger partial charge is 0.368 e. The monoisotopic (exact) mass is 274 g/mol. The molecule has 0 amide bonds. The molecule has 19 heavy (non-hydrogen) atoms. The Hall–Kier alpha value is -1.81. The van der Waals surface area contributed by atoms with E-state index in [4.69, 9.17) is 17.3 Å². The zero-order valence-electron chi connectivity index (χ0n) is 10.4. The summed E-state index contributed by atoms with van der Waals surface area (Å²) in [6, 6.07) is 10.5. The van der Waals surface area contributed by atoms with Crippen LogP contribution in [0.4, 0.5) is 11.8 Å². The quantitative estimate of drug-likeness (QED) is 0.826. The maximum Gasteiger partial charge on any atom is 0.223 e. The molecule has 0 bridgehead atoms. The van der Waals surface area contributed by atoms with Gasteiger partial charge < -0.3 is 11.1 Å². The molecule has 1 unspecified atom stereocenters. The highest BCUT2D eigenvalue weighted by molar-refractivity contribution is 6.29. The van der Waals surface area contributed by atoms with Gasteiger partial charge in [-0.25, -0.2) is 4.98 Å². The second-order valence-corrected chi connectivity index (χ2v) is 5.11. The minimum atomic E-state index is 0.194. The standard InChI is InChI=1S/C14H15ClN4/c15-12-8-13(19-14(16)18-12)17-11-7-3-5-9-4-1-2-6-10(9)11/h1-2,4,6,8,11H,3,5,7H2,(H3,16,17,18,19). The number of anilines is 2. The van der Waals surface area contributed by atoms with E-state index in [2.05, 4.69) is 39.6 Å². The van der Waals surface area contributed by atoms with Gasteiger partial charge in [-0.1, -0.05) is 35.9 Å². The summed E-state index contributed by atoms with van der Waals surface area (Å²) >= 11 is 5.90. The lowest BCUT2D eigenvalue weighted by Gasteiger charge is -2.26. The Bertz CT molecular complexity index is 579. The van der Waals surface area contributed by atoms with Gasteiger partial charge >= 0.3 is 0 Å². The highest BCUT2D eigenvalue weighted by atomic mass is 35.5. The van der Waals surface area contributed by atoms with E-state index in [1.165, 1.54) is 17.5 Å². The average Bonchev–Trinajstić information content (AvgIpc) is 2.38. The van der Waals surface area contributed by atoms with Crippen molar-refractivity contribution >= 4 is 23.4 Å². The third-order valence-corrected chi connectivity index (χ3v) is 3.60. The summed E-state index contributed by atoms with van der Waals surface area (Å²) in [7, 11) is 0. The number of hydrogen-bond donors (Lipinski definition) is 2. The van der Waals surface area contributed by atoms with E-state index in [0.29, 0.717) is 11.0 Å². The molecule has 4 nitrogen and oxygen atoms in total. The highest BCUT2D eigenvalue weighted by Crippen LogP contribution is 2.32. The fourth-order valence-electron chi connectivity index (χ4n) is 2.59. The molecule has 98 valence electrons. The van der Waals surface area contributed by atoms with Gasteiger partial charge in [0, 0.05) is 6.07 Å². The SMILES string of the molecule is Nc1nc(Cl)cc(NC2CCCc3ccccc32)n1. The summed E-state index contributed by atoms with van der Waals surface area (Å²) < 4.78 is 0. The number of halogens is 1. The third kappa shape index (κ3) is 2.63. The van der Waals surface area contributed by atoms with Crippen LogP contribution in [0.25, 0.3) is 0 Å². The van der Waals surface area contributed by atoms with E-state index in [-0.39, 0.29) is 12.0 Å². The Morgan fingerprint density at radius 1 is 1.26 bits per heavy atom. The van der Waals surface area contributed by atoms with Crippen LogP contribution in [0.2, 0.25) is 5.15 Å². The Balaban J connectivity index is 1.88. The van der Waals surface area contributed by atoms with Gasteiger partial charge in [0.25, 0.3) is 0 Å². The van der Waals surface area contributed by atoms with Gasteiger partial charge in [0.15, 0.2) is 0 Å². The number of hydrogen-bond acceptors (Lipinski definition) is 4. The minimum Gasteiger partial charge on any atom is -0.368 e. The van der Waals surface area contributed by atoms with Gasteiger partial charge in [0.1, 0.15) is 11.0 Å². The maximum absolute atomic E-state index is 5.90. The first kappa shape index (κ1) is 12.2. The lowest BCUT2D eigenvalue weighted by Crippen LogP contribution is -2.18. The van der Waals surface area contributed by atoms with Gasteiger partial charge in [0.05, 0.1) is 6.04 Å². The Kier molecular flexibility index (Phi) is 3.25. The van der Waals surface area contributed by atoms with Gasteiger partial charge in [-0.3, -0.25) is 0 Å². The molecular formula is C14H15ClN4. The van der Waals surface area contributed by atoms with E-state index in [9.17, 15) is 0 Å². The number of nitrogens with two attached hydrogens (primary N) is 1. The first-order chi connectivity index (χ1) is 9.22. The number of aromatic nitrogens is 2. The van der Waals surface area contributed by atoms with E-state index in [0.717, 1.165) is 12.8 Å². The summed E-state index contributed by atoms with van der Waals surface area (Å²) in [5.41, 5.74) is 8.35. The smallest absolute Gasteiger partial charge is 0.223 e. The first-order valence-corrected chi connectivity index (χ1v) is 6.74. The van der Waals surface area contributed by atoms with Crippen LogP contribution in [0.5, 0.6) is 0 Å². The fourth-order valence-corrected chi connectivity index (χ4v) is 2.78. The molecule has 1 atom stereocenters. The van der Waals surface area contributed by atoms with Crippen molar-refractivity contribution in [1.29, 1.82) is 0 Å². The molecule has 3 N–H and O–H groups in total. The number of nitrogens with one attached hydrogen (secondary N) is 1. The molecule has 3 rings (SSSR count). The summed E-state index contributed by atoms with van der Waals surface area (Å²) in [4.78, 5) is 8.04. The Morgan fingerprint density at radius 3 is 2.95 bits per heavy atom. The van der Waals surface area contributed by atoms with Crippen LogP contribution in [0.3, 0.4) is 0 Å². The van der Waals surface area contributed by atoms with Crippen molar-refractivity contribution in [1.82, 2.24) is 9.97 Å². The molecule has 1 heterocycles. The first-order valence-electron chi connectivity index (χ1n) is 6.37. The predicted octanol–water partition coefficient (Wildman–Crippen LogP) is 3.20. The summed E-state index contributed by atoms with van der Waals surface area (Å²) in [5.74, 6) is 0.873. The van der Waals surface area contributed by atoms with Crippen molar-refractivity contribution in [2.75, 3.05) is 11.1 Å². The van der Waals surface area contributed by atoms with Crippen molar-refractivity contribution < 1.29 is 0 Å². The number of rotatable bonds is 2. The number of nitrogen functional groups attached to an aromatic ring is 1. The summed E-state index contributed by atoms with van der Waals surface area (Å²) in [6.07, 6.45) is 3.39. The normalized spacial score (nSPS) is 17.8. The van der Waals surface area contributed by atoms with E-state index in [1.807, 2.05) is 0 Å². The number of aryl methyl sites for hydroxylation is 1. The third-order valence-electron chi connectivity index (χ3n) is 3.40. The van der Waals surface area contributed by atoms with Crippen LogP contribution in [0, 0.1) is 0 Å². The van der Waals surface area contributed by atoms with Gasteiger partial charge in [-0.2, -0.15) is 4.98 Å². The fraction of sp³-hybridized carbons (Fsp3) is 0.286. The number of nitrogens with zero attached hydrogens (tertiary/aromatic N) is 2. The second kappa shape index (κ2) is 5.05. The van der Waals surface area contributed by atoms with Crippen molar-refractivity contribution in [3.8, 4) is 0 Å². The molecule has 0 radical (unpaired) electrons. The molecule has 1 aliphatic rings. The van der Waals surface area contributed by atoms with Crippen molar-refractivity contribution in [2.24, 2.45) is 0 Å². The molecule has 5 heteroatoms. The average molecular weight is 275 g/mol. The topological polar surface area (TPSA) is 63.8 Å². The maximum atomic E-state index is 5.90. The summed E-state index contributed by atoms with van der Waals surface area (Å²) in [6.45, 7) is 0. The van der Waals surface area contributed by atoms with Crippen LogP contribution in [-0.2, 0) is 6.42 Å². The molecule has 1 aromatic carbocycles. The van der Waals surface area contributed by atoms with Crippen molar-refractivity contribution in [2.45, 2.75) is 25.3 Å². The minimum absolute atomic E-state index is 0.194. The van der Waals surface area contributed by atoms with Crippen LogP contribution in [0.15, 0.2) is 30.3 Å².